The smallest absolute Gasteiger partial charge is 0.213 e. The molecule has 1 aromatic heterocycles. The summed E-state index contributed by atoms with van der Waals surface area (Å²) in [7, 11) is 0. The summed E-state index contributed by atoms with van der Waals surface area (Å²) in [5.74, 6) is 0. The molecule has 0 aliphatic carbocycles. The zero-order valence-corrected chi connectivity index (χ0v) is 11.0. The third kappa shape index (κ3) is 2.75. The molecule has 18 heavy (non-hydrogen) atoms. The highest BCUT2D eigenvalue weighted by Gasteiger charge is 2.16. The number of aromatic nitrogens is 1. The predicted molar refractivity (Wildman–Crippen MR) is 72.5 cm³/mol. The van der Waals surface area contributed by atoms with E-state index in [0.29, 0.717) is 11.5 Å². The van der Waals surface area contributed by atoms with Gasteiger partial charge in [-0.05, 0) is 25.5 Å². The van der Waals surface area contributed by atoms with Crippen molar-refractivity contribution in [2.75, 3.05) is 5.32 Å². The second-order valence-electron chi connectivity index (χ2n) is 4.44. The molecule has 94 valence electrons. The van der Waals surface area contributed by atoms with Gasteiger partial charge in [0, 0.05) is 10.9 Å². The number of hydrogen-bond acceptors (Lipinski definition) is 4. The first-order chi connectivity index (χ1) is 8.50. The van der Waals surface area contributed by atoms with Crippen LogP contribution in [0, 0.1) is 0 Å². The molecule has 0 fully saturated rings. The normalized spacial score (nSPS) is 11.3. The van der Waals surface area contributed by atoms with Gasteiger partial charge in [-0.3, -0.25) is 4.79 Å². The van der Waals surface area contributed by atoms with Crippen LogP contribution in [0.1, 0.15) is 19.4 Å². The van der Waals surface area contributed by atoms with Crippen molar-refractivity contribution in [3.8, 4) is 11.3 Å². The summed E-state index contributed by atoms with van der Waals surface area (Å²) in [5.41, 5.74) is 1.66. The van der Waals surface area contributed by atoms with E-state index in [-0.39, 0.29) is 0 Å². The van der Waals surface area contributed by atoms with E-state index in [0.717, 1.165) is 16.8 Å². The lowest BCUT2D eigenvalue weighted by atomic mass is 9.96. The molecule has 5 heteroatoms. The molecule has 0 bridgehead atoms. The monoisotopic (exact) mass is 262 g/mol. The summed E-state index contributed by atoms with van der Waals surface area (Å²) in [6.07, 6.45) is 0.607. The van der Waals surface area contributed by atoms with E-state index in [1.807, 2.05) is 29.6 Å². The van der Waals surface area contributed by atoms with E-state index in [1.54, 1.807) is 13.8 Å². The molecule has 0 saturated carbocycles. The second kappa shape index (κ2) is 4.88. The lowest BCUT2D eigenvalue weighted by Crippen LogP contribution is -2.15. The van der Waals surface area contributed by atoms with Gasteiger partial charge in [0.15, 0.2) is 5.13 Å². The van der Waals surface area contributed by atoms with Crippen LogP contribution in [0.3, 0.4) is 0 Å². The summed E-state index contributed by atoms with van der Waals surface area (Å²) in [6.45, 7) is 3.49. The fourth-order valence-electron chi connectivity index (χ4n) is 1.58. The highest BCUT2D eigenvalue weighted by atomic mass is 32.1. The van der Waals surface area contributed by atoms with Crippen LogP contribution in [0.5, 0.6) is 0 Å². The molecule has 2 N–H and O–H groups in total. The first-order valence-corrected chi connectivity index (χ1v) is 6.37. The molecular formula is C13H14N2O2S. The number of nitrogens with one attached hydrogen (secondary N) is 1. The number of amides is 1. The highest BCUT2D eigenvalue weighted by Crippen LogP contribution is 2.28. The zero-order valence-electron chi connectivity index (χ0n) is 10.2. The lowest BCUT2D eigenvalue weighted by molar-refractivity contribution is -0.105. The molecule has 4 nitrogen and oxygen atoms in total. The molecule has 0 atom stereocenters. The van der Waals surface area contributed by atoms with E-state index in [2.05, 4.69) is 10.3 Å². The summed E-state index contributed by atoms with van der Waals surface area (Å²) >= 11 is 1.37. The maximum Gasteiger partial charge on any atom is 0.213 e. The zero-order chi connectivity index (χ0) is 13.2. The molecule has 0 saturated heterocycles. The number of thiazole rings is 1. The Hall–Kier alpha value is -1.72. The van der Waals surface area contributed by atoms with Gasteiger partial charge < -0.3 is 10.4 Å². The van der Waals surface area contributed by atoms with Crippen LogP contribution < -0.4 is 5.32 Å². The lowest BCUT2D eigenvalue weighted by Gasteiger charge is -2.18. The van der Waals surface area contributed by atoms with Gasteiger partial charge in [0.1, 0.15) is 0 Å². The molecule has 1 aromatic carbocycles. The van der Waals surface area contributed by atoms with Gasteiger partial charge >= 0.3 is 0 Å². The van der Waals surface area contributed by atoms with Crippen molar-refractivity contribution in [3.63, 3.8) is 0 Å². The minimum atomic E-state index is -0.879. The van der Waals surface area contributed by atoms with E-state index in [1.165, 1.54) is 11.3 Å². The van der Waals surface area contributed by atoms with Crippen molar-refractivity contribution in [3.05, 3.63) is 35.2 Å². The van der Waals surface area contributed by atoms with E-state index < -0.39 is 5.60 Å². The van der Waals surface area contributed by atoms with Gasteiger partial charge in [-0.15, -0.1) is 11.3 Å². The average molecular weight is 262 g/mol. The van der Waals surface area contributed by atoms with Crippen LogP contribution in [0.2, 0.25) is 0 Å². The Morgan fingerprint density at radius 2 is 2.22 bits per heavy atom. The first-order valence-electron chi connectivity index (χ1n) is 5.50. The van der Waals surface area contributed by atoms with Crippen molar-refractivity contribution in [2.24, 2.45) is 0 Å². The quantitative estimate of drug-likeness (QED) is 0.832. The van der Waals surface area contributed by atoms with Gasteiger partial charge in [0.05, 0.1) is 11.3 Å². The molecule has 0 radical (unpaired) electrons. The van der Waals surface area contributed by atoms with Crippen molar-refractivity contribution < 1.29 is 9.90 Å². The Bertz CT molecular complexity index is 558. The Morgan fingerprint density at radius 3 is 2.89 bits per heavy atom. The topological polar surface area (TPSA) is 62.2 Å². The molecule has 1 amide bonds. The second-order valence-corrected chi connectivity index (χ2v) is 5.30. The molecule has 0 aliphatic heterocycles. The molecular weight excluding hydrogens is 248 g/mol. The molecule has 2 rings (SSSR count). The Labute approximate surface area is 109 Å². The largest absolute Gasteiger partial charge is 0.386 e. The van der Waals surface area contributed by atoms with Crippen molar-refractivity contribution in [2.45, 2.75) is 19.4 Å². The standard InChI is InChI=1S/C13H14N2O2S/c1-13(2,17)10-5-3-4-9(6-10)11-7-18-12(15-11)14-8-16/h3-8,17H,1-2H3,(H,14,15,16). The van der Waals surface area contributed by atoms with Crippen LogP contribution in [0.15, 0.2) is 29.6 Å². The van der Waals surface area contributed by atoms with Crippen LogP contribution in [-0.2, 0) is 10.4 Å². The van der Waals surface area contributed by atoms with E-state index in [9.17, 15) is 9.90 Å². The third-order valence-corrected chi connectivity index (χ3v) is 3.32. The molecule has 0 unspecified atom stereocenters. The number of benzene rings is 1. The fourth-order valence-corrected chi connectivity index (χ4v) is 2.26. The SMILES string of the molecule is CC(C)(O)c1cccc(-c2csc(NC=O)n2)c1. The Kier molecular flexibility index (Phi) is 3.45. The van der Waals surface area contributed by atoms with Gasteiger partial charge in [0.25, 0.3) is 0 Å². The summed E-state index contributed by atoms with van der Waals surface area (Å²) in [6, 6.07) is 7.59. The Balaban J connectivity index is 2.35. The molecule has 0 spiro atoms. The van der Waals surface area contributed by atoms with Crippen molar-refractivity contribution in [1.82, 2.24) is 4.98 Å². The van der Waals surface area contributed by atoms with Gasteiger partial charge in [-0.25, -0.2) is 4.98 Å². The molecule has 0 aliphatic rings. The van der Waals surface area contributed by atoms with Crippen molar-refractivity contribution >= 4 is 22.9 Å². The van der Waals surface area contributed by atoms with Crippen LogP contribution in [-0.4, -0.2) is 16.5 Å². The first kappa shape index (κ1) is 12.7. The summed E-state index contributed by atoms with van der Waals surface area (Å²) < 4.78 is 0. The van der Waals surface area contributed by atoms with E-state index >= 15 is 0 Å². The Morgan fingerprint density at radius 1 is 1.44 bits per heavy atom. The fraction of sp³-hybridized carbons (Fsp3) is 0.231. The molecule has 1 heterocycles. The summed E-state index contributed by atoms with van der Waals surface area (Å²) in [4.78, 5) is 14.6. The third-order valence-electron chi connectivity index (χ3n) is 2.55. The number of nitrogens with zero attached hydrogens (tertiary/aromatic N) is 1. The van der Waals surface area contributed by atoms with Gasteiger partial charge in [0.2, 0.25) is 6.41 Å². The number of hydrogen-bond donors (Lipinski definition) is 2. The van der Waals surface area contributed by atoms with Crippen molar-refractivity contribution in [1.29, 1.82) is 0 Å². The van der Waals surface area contributed by atoms with Crippen LogP contribution >= 0.6 is 11.3 Å². The minimum absolute atomic E-state index is 0.564. The maximum atomic E-state index is 10.3. The number of carbonyl (C=O) groups excluding carboxylic acids is 1. The number of anilines is 1. The maximum absolute atomic E-state index is 10.3. The predicted octanol–water partition coefficient (Wildman–Crippen LogP) is 2.61. The highest BCUT2D eigenvalue weighted by molar-refractivity contribution is 7.14. The van der Waals surface area contributed by atoms with Crippen LogP contribution in [0.25, 0.3) is 11.3 Å². The van der Waals surface area contributed by atoms with E-state index in [4.69, 9.17) is 0 Å². The average Bonchev–Trinajstić information content (AvgIpc) is 2.77. The summed E-state index contributed by atoms with van der Waals surface area (Å²) in [5, 5.41) is 14.9. The number of rotatable bonds is 4. The number of aliphatic hydroxyl groups is 1. The van der Waals surface area contributed by atoms with Crippen LogP contribution in [0.4, 0.5) is 5.13 Å². The molecule has 2 aromatic rings. The van der Waals surface area contributed by atoms with Gasteiger partial charge in [-0.2, -0.15) is 0 Å². The minimum Gasteiger partial charge on any atom is -0.386 e. The number of carbonyl (C=O) groups is 1. The van der Waals surface area contributed by atoms with Gasteiger partial charge in [-0.1, -0.05) is 18.2 Å².